The van der Waals surface area contributed by atoms with Crippen LogP contribution in [0.3, 0.4) is 0 Å². The van der Waals surface area contributed by atoms with Gasteiger partial charge in [0.25, 0.3) is 5.56 Å². The van der Waals surface area contributed by atoms with Crippen LogP contribution in [0.2, 0.25) is 0 Å². The van der Waals surface area contributed by atoms with E-state index in [0.717, 1.165) is 10.4 Å². The summed E-state index contributed by atoms with van der Waals surface area (Å²) in [5, 5.41) is 8.00. The van der Waals surface area contributed by atoms with Crippen LogP contribution < -0.4 is 20.3 Å². The Bertz CT molecular complexity index is 1330. The molecule has 4 heterocycles. The number of rotatable bonds is 6. The van der Waals surface area contributed by atoms with E-state index in [1.165, 1.54) is 23.1 Å². The first-order chi connectivity index (χ1) is 15.1. The molecule has 31 heavy (non-hydrogen) atoms. The van der Waals surface area contributed by atoms with Crippen LogP contribution in [0.4, 0.5) is 5.69 Å². The van der Waals surface area contributed by atoms with Gasteiger partial charge < -0.3 is 14.8 Å². The first-order valence-corrected chi connectivity index (χ1v) is 12.3. The lowest BCUT2D eigenvalue weighted by atomic mass is 10.2. The Morgan fingerprint density at radius 2 is 2.13 bits per heavy atom. The van der Waals surface area contributed by atoms with Crippen molar-refractivity contribution in [1.82, 2.24) is 9.55 Å². The molecule has 158 valence electrons. The maximum absolute atomic E-state index is 13.2. The zero-order valence-electron chi connectivity index (χ0n) is 16.4. The zero-order chi connectivity index (χ0) is 21.4. The second kappa shape index (κ2) is 8.37. The number of carbonyl (C=O) groups is 1. The number of fused-ring (bicyclic) bond motifs is 2. The van der Waals surface area contributed by atoms with Gasteiger partial charge in [0.05, 0.1) is 11.1 Å². The molecule has 1 N–H and O–H groups in total. The van der Waals surface area contributed by atoms with Crippen LogP contribution in [0.15, 0.2) is 51.0 Å². The highest BCUT2D eigenvalue weighted by molar-refractivity contribution is 7.99. The topological polar surface area (TPSA) is 82.5 Å². The number of benzene rings is 1. The minimum absolute atomic E-state index is 0.0733. The quantitative estimate of drug-likeness (QED) is 0.325. The fraction of sp³-hybridized carbons (Fsp3) is 0.190. The van der Waals surface area contributed by atoms with E-state index in [1.807, 2.05) is 29.8 Å². The SMILES string of the molecule is CCn1c(SCC(=O)Nc2ccc3c(c2)OCO3)nc2scc(-c3cccs3)c2c1=O. The number of nitrogens with zero attached hydrogens (tertiary/aromatic N) is 2. The highest BCUT2D eigenvalue weighted by atomic mass is 32.2. The van der Waals surface area contributed by atoms with Gasteiger partial charge in [-0.15, -0.1) is 22.7 Å². The molecule has 10 heteroatoms. The second-order valence-corrected chi connectivity index (χ2v) is 9.40. The molecular formula is C21H17N3O4S3. The van der Waals surface area contributed by atoms with Gasteiger partial charge in [-0.3, -0.25) is 14.2 Å². The Morgan fingerprint density at radius 3 is 2.94 bits per heavy atom. The molecule has 0 saturated heterocycles. The van der Waals surface area contributed by atoms with Crippen molar-refractivity contribution in [1.29, 1.82) is 0 Å². The Kier molecular flexibility index (Phi) is 5.43. The molecule has 0 bridgehead atoms. The summed E-state index contributed by atoms with van der Waals surface area (Å²) in [6, 6.07) is 9.23. The van der Waals surface area contributed by atoms with Crippen molar-refractivity contribution in [3.05, 3.63) is 51.4 Å². The third-order valence-electron chi connectivity index (χ3n) is 4.75. The standard InChI is InChI=1S/C21H17N3O4S3/c1-2-24-20(26)18-13(16-4-3-7-29-16)9-30-19(18)23-21(24)31-10-17(25)22-12-5-6-14-15(8-12)28-11-27-14/h3-9H,2,10-11H2,1H3,(H,22,25). The number of thioether (sulfide) groups is 1. The maximum Gasteiger partial charge on any atom is 0.263 e. The Morgan fingerprint density at radius 1 is 1.26 bits per heavy atom. The summed E-state index contributed by atoms with van der Waals surface area (Å²) in [6.07, 6.45) is 0. The summed E-state index contributed by atoms with van der Waals surface area (Å²) in [7, 11) is 0. The van der Waals surface area contributed by atoms with Crippen molar-refractivity contribution in [2.24, 2.45) is 0 Å². The van der Waals surface area contributed by atoms with E-state index in [-0.39, 0.29) is 24.0 Å². The number of nitrogens with one attached hydrogen (secondary N) is 1. The van der Waals surface area contributed by atoms with Gasteiger partial charge in [-0.1, -0.05) is 17.8 Å². The van der Waals surface area contributed by atoms with Crippen molar-refractivity contribution in [2.45, 2.75) is 18.6 Å². The number of ether oxygens (including phenoxy) is 2. The van der Waals surface area contributed by atoms with Crippen molar-refractivity contribution < 1.29 is 14.3 Å². The van der Waals surface area contributed by atoms with E-state index in [2.05, 4.69) is 5.32 Å². The van der Waals surface area contributed by atoms with Gasteiger partial charge in [-0.2, -0.15) is 0 Å². The molecular weight excluding hydrogens is 454 g/mol. The lowest BCUT2D eigenvalue weighted by molar-refractivity contribution is -0.113. The van der Waals surface area contributed by atoms with Gasteiger partial charge in [0.2, 0.25) is 12.7 Å². The van der Waals surface area contributed by atoms with Gasteiger partial charge >= 0.3 is 0 Å². The number of hydrogen-bond donors (Lipinski definition) is 1. The molecule has 0 spiro atoms. The fourth-order valence-corrected chi connectivity index (χ4v) is 5.98. The summed E-state index contributed by atoms with van der Waals surface area (Å²) in [5.74, 6) is 1.22. The fourth-order valence-electron chi connectivity index (χ4n) is 3.31. The Balaban J connectivity index is 1.36. The molecule has 0 fully saturated rings. The lowest BCUT2D eigenvalue weighted by Crippen LogP contribution is -2.23. The summed E-state index contributed by atoms with van der Waals surface area (Å²) in [5.41, 5.74) is 1.48. The predicted molar refractivity (Wildman–Crippen MR) is 125 cm³/mol. The van der Waals surface area contributed by atoms with Gasteiger partial charge in [-0.05, 0) is 30.5 Å². The molecule has 1 aromatic carbocycles. The minimum Gasteiger partial charge on any atom is -0.454 e. The molecule has 0 atom stereocenters. The summed E-state index contributed by atoms with van der Waals surface area (Å²) >= 11 is 4.30. The number of amides is 1. The number of hydrogen-bond acceptors (Lipinski definition) is 8. The van der Waals surface area contributed by atoms with E-state index >= 15 is 0 Å². The van der Waals surface area contributed by atoms with E-state index in [9.17, 15) is 9.59 Å². The Hall–Kier alpha value is -2.82. The van der Waals surface area contributed by atoms with Crippen LogP contribution in [0.25, 0.3) is 20.7 Å². The van der Waals surface area contributed by atoms with Crippen LogP contribution in [0.1, 0.15) is 6.92 Å². The largest absolute Gasteiger partial charge is 0.454 e. The number of carbonyl (C=O) groups excluding carboxylic acids is 1. The molecule has 1 amide bonds. The lowest BCUT2D eigenvalue weighted by Gasteiger charge is -2.10. The highest BCUT2D eigenvalue weighted by Gasteiger charge is 2.18. The molecule has 1 aliphatic rings. The van der Waals surface area contributed by atoms with E-state index in [0.29, 0.717) is 39.1 Å². The van der Waals surface area contributed by atoms with Gasteiger partial charge in [-0.25, -0.2) is 4.98 Å². The normalized spacial score (nSPS) is 12.4. The summed E-state index contributed by atoms with van der Waals surface area (Å²) in [6.45, 7) is 2.57. The number of aromatic nitrogens is 2. The van der Waals surface area contributed by atoms with Crippen LogP contribution in [-0.4, -0.2) is 28.0 Å². The van der Waals surface area contributed by atoms with Crippen molar-refractivity contribution >= 4 is 56.2 Å². The van der Waals surface area contributed by atoms with Crippen LogP contribution in [-0.2, 0) is 11.3 Å². The highest BCUT2D eigenvalue weighted by Crippen LogP contribution is 2.35. The monoisotopic (exact) mass is 471 g/mol. The molecule has 5 rings (SSSR count). The first kappa shape index (κ1) is 20.1. The number of thiophene rings is 2. The van der Waals surface area contributed by atoms with Gasteiger partial charge in [0, 0.05) is 34.1 Å². The summed E-state index contributed by atoms with van der Waals surface area (Å²) < 4.78 is 12.3. The molecule has 4 aromatic rings. The van der Waals surface area contributed by atoms with E-state index in [4.69, 9.17) is 14.5 Å². The van der Waals surface area contributed by atoms with Crippen molar-refractivity contribution in [3.8, 4) is 21.9 Å². The molecule has 1 aliphatic heterocycles. The molecule has 3 aromatic heterocycles. The van der Waals surface area contributed by atoms with E-state index in [1.54, 1.807) is 34.1 Å². The average Bonchev–Trinajstić information content (AvgIpc) is 3.51. The molecule has 0 aliphatic carbocycles. The van der Waals surface area contributed by atoms with Crippen LogP contribution in [0.5, 0.6) is 11.5 Å². The smallest absolute Gasteiger partial charge is 0.263 e. The van der Waals surface area contributed by atoms with Crippen LogP contribution in [0, 0.1) is 0 Å². The summed E-state index contributed by atoms with van der Waals surface area (Å²) in [4.78, 5) is 32.1. The Labute approximate surface area is 189 Å². The number of anilines is 1. The second-order valence-electron chi connectivity index (χ2n) is 6.66. The average molecular weight is 472 g/mol. The first-order valence-electron chi connectivity index (χ1n) is 9.52. The van der Waals surface area contributed by atoms with Crippen molar-refractivity contribution in [3.63, 3.8) is 0 Å². The molecule has 7 nitrogen and oxygen atoms in total. The van der Waals surface area contributed by atoms with Gasteiger partial charge in [0.1, 0.15) is 4.83 Å². The van der Waals surface area contributed by atoms with Crippen molar-refractivity contribution in [2.75, 3.05) is 17.9 Å². The van der Waals surface area contributed by atoms with Crippen LogP contribution >= 0.6 is 34.4 Å². The third kappa shape index (κ3) is 3.82. The molecule has 0 unspecified atom stereocenters. The molecule has 0 saturated carbocycles. The van der Waals surface area contributed by atoms with Gasteiger partial charge in [0.15, 0.2) is 16.7 Å². The third-order valence-corrected chi connectivity index (χ3v) is 7.50. The van der Waals surface area contributed by atoms with E-state index < -0.39 is 0 Å². The minimum atomic E-state index is -0.189. The predicted octanol–water partition coefficient (Wildman–Crippen LogP) is 4.67. The molecule has 0 radical (unpaired) electrons. The zero-order valence-corrected chi connectivity index (χ0v) is 18.9. The maximum atomic E-state index is 13.2.